The number of carbonyl (C=O) groups excluding carboxylic acids is 1. The van der Waals surface area contributed by atoms with Gasteiger partial charge in [-0.25, -0.2) is 4.79 Å². The summed E-state index contributed by atoms with van der Waals surface area (Å²) in [7, 11) is 0. The van der Waals surface area contributed by atoms with Crippen LogP contribution in [0.2, 0.25) is 0 Å². The largest absolute Gasteiger partial charge is 0.420 e. The van der Waals surface area contributed by atoms with Crippen LogP contribution >= 0.6 is 11.3 Å². The Balaban J connectivity index is 1.56. The Hall–Kier alpha value is -2.38. The van der Waals surface area contributed by atoms with E-state index < -0.39 is 5.76 Å². The summed E-state index contributed by atoms with van der Waals surface area (Å²) in [6.45, 7) is 6.52. The molecule has 2 aromatic heterocycles. The summed E-state index contributed by atoms with van der Waals surface area (Å²) in [5, 5.41) is 5.01. The Morgan fingerprint density at radius 1 is 1.30 bits per heavy atom. The third kappa shape index (κ3) is 4.87. The second kappa shape index (κ2) is 9.01. The van der Waals surface area contributed by atoms with Gasteiger partial charge in [0.1, 0.15) is 6.54 Å². The van der Waals surface area contributed by atoms with Crippen molar-refractivity contribution in [3.63, 3.8) is 0 Å². The fraction of sp³-hybridized carbons (Fsp3) is 0.400. The molecule has 6 nitrogen and oxygen atoms in total. The number of hydrogen-bond donors (Lipinski definition) is 1. The average Bonchev–Trinajstić information content (AvgIpc) is 3.28. The van der Waals surface area contributed by atoms with E-state index in [4.69, 9.17) is 4.42 Å². The lowest BCUT2D eigenvalue weighted by Gasteiger charge is -2.28. The molecule has 144 valence electrons. The molecule has 0 fully saturated rings. The summed E-state index contributed by atoms with van der Waals surface area (Å²) in [5.74, 6) is -0.700. The molecule has 2 heterocycles. The molecule has 0 aliphatic carbocycles. The fourth-order valence-electron chi connectivity index (χ4n) is 3.02. The molecule has 0 spiro atoms. The predicted molar refractivity (Wildman–Crippen MR) is 108 cm³/mol. The highest BCUT2D eigenvalue weighted by Crippen LogP contribution is 2.15. The molecule has 3 aromatic rings. The fourth-order valence-corrected chi connectivity index (χ4v) is 3.75. The van der Waals surface area contributed by atoms with E-state index in [9.17, 15) is 9.59 Å². The van der Waals surface area contributed by atoms with E-state index in [2.05, 4.69) is 41.6 Å². The second-order valence-corrected chi connectivity index (χ2v) is 7.61. The number of carbonyl (C=O) groups is 1. The van der Waals surface area contributed by atoms with Crippen molar-refractivity contribution in [3.8, 4) is 0 Å². The monoisotopic (exact) mass is 387 g/mol. The number of amides is 1. The number of oxazole rings is 1. The van der Waals surface area contributed by atoms with E-state index in [1.165, 1.54) is 9.44 Å². The van der Waals surface area contributed by atoms with Crippen LogP contribution in [0.4, 0.5) is 0 Å². The Bertz CT molecular complexity index is 930. The number of aromatic nitrogens is 1. The third-order valence-electron chi connectivity index (χ3n) is 4.75. The zero-order valence-corrected chi connectivity index (χ0v) is 16.5. The van der Waals surface area contributed by atoms with Crippen LogP contribution in [0.3, 0.4) is 0 Å². The number of para-hydroxylation sites is 2. The highest BCUT2D eigenvalue weighted by molar-refractivity contribution is 7.09. The van der Waals surface area contributed by atoms with Crippen molar-refractivity contribution in [1.29, 1.82) is 0 Å². The second-order valence-electron chi connectivity index (χ2n) is 6.58. The maximum Gasteiger partial charge on any atom is 0.420 e. The molecule has 0 saturated carbocycles. The van der Waals surface area contributed by atoms with Gasteiger partial charge in [-0.05, 0) is 36.9 Å². The van der Waals surface area contributed by atoms with Crippen LogP contribution in [0.15, 0.2) is 51.0 Å². The molecular formula is C20H25N3O3S. The van der Waals surface area contributed by atoms with Crippen molar-refractivity contribution in [3.05, 3.63) is 57.2 Å². The lowest BCUT2D eigenvalue weighted by atomic mass is 10.2. The summed E-state index contributed by atoms with van der Waals surface area (Å²) in [6, 6.07) is 11.7. The van der Waals surface area contributed by atoms with Gasteiger partial charge in [-0.1, -0.05) is 25.1 Å². The van der Waals surface area contributed by atoms with Gasteiger partial charge < -0.3 is 9.73 Å². The molecule has 1 amide bonds. The molecule has 0 saturated heterocycles. The molecular weight excluding hydrogens is 362 g/mol. The smallest absolute Gasteiger partial charge is 0.408 e. The average molecular weight is 388 g/mol. The van der Waals surface area contributed by atoms with Gasteiger partial charge in [0.15, 0.2) is 5.58 Å². The number of nitrogens with zero attached hydrogens (tertiary/aromatic N) is 2. The van der Waals surface area contributed by atoms with E-state index in [0.717, 1.165) is 19.5 Å². The predicted octanol–water partition coefficient (Wildman–Crippen LogP) is 3.07. The zero-order chi connectivity index (χ0) is 19.2. The van der Waals surface area contributed by atoms with Crippen LogP contribution in [-0.2, 0) is 17.9 Å². The highest BCUT2D eigenvalue weighted by atomic mass is 32.1. The van der Waals surface area contributed by atoms with E-state index in [-0.39, 0.29) is 12.5 Å². The van der Waals surface area contributed by atoms with E-state index in [1.807, 2.05) is 6.07 Å². The molecule has 0 radical (unpaired) electrons. The van der Waals surface area contributed by atoms with Gasteiger partial charge in [0.25, 0.3) is 0 Å². The molecule has 0 bridgehead atoms. The van der Waals surface area contributed by atoms with Crippen LogP contribution in [0.25, 0.3) is 11.1 Å². The number of rotatable bonds is 9. The van der Waals surface area contributed by atoms with Crippen molar-refractivity contribution in [1.82, 2.24) is 14.8 Å². The number of thiophene rings is 1. The van der Waals surface area contributed by atoms with E-state index in [1.54, 1.807) is 29.5 Å². The molecule has 0 unspecified atom stereocenters. The number of fused-ring (bicyclic) bond motifs is 1. The SMILES string of the molecule is CC[C@H](C)N(CCNC(=O)Cn1c(=O)oc2ccccc21)Cc1cccs1. The van der Waals surface area contributed by atoms with Crippen LogP contribution in [-0.4, -0.2) is 34.5 Å². The number of hydrogen-bond acceptors (Lipinski definition) is 5. The summed E-state index contributed by atoms with van der Waals surface area (Å²) >= 11 is 1.75. The van der Waals surface area contributed by atoms with Gasteiger partial charge in [-0.15, -0.1) is 11.3 Å². The van der Waals surface area contributed by atoms with Crippen molar-refractivity contribution >= 4 is 28.3 Å². The van der Waals surface area contributed by atoms with Crippen LogP contribution in [0.5, 0.6) is 0 Å². The Morgan fingerprint density at radius 3 is 2.85 bits per heavy atom. The number of nitrogens with one attached hydrogen (secondary N) is 1. The standard InChI is InChI=1S/C20H25N3O3S/c1-3-15(2)22(13-16-7-6-12-27-16)11-10-21-19(24)14-23-17-8-4-5-9-18(17)26-20(23)25/h4-9,12,15H,3,10-11,13-14H2,1-2H3,(H,21,24)/t15-/m0/s1. The van der Waals surface area contributed by atoms with Gasteiger partial charge in [0.2, 0.25) is 5.91 Å². The van der Waals surface area contributed by atoms with Crippen molar-refractivity contribution in [2.75, 3.05) is 13.1 Å². The molecule has 0 aliphatic heterocycles. The first-order chi connectivity index (χ1) is 13.1. The minimum atomic E-state index is -0.509. The lowest BCUT2D eigenvalue weighted by Crippen LogP contribution is -2.40. The van der Waals surface area contributed by atoms with Gasteiger partial charge >= 0.3 is 5.76 Å². The molecule has 27 heavy (non-hydrogen) atoms. The topological polar surface area (TPSA) is 67.5 Å². The molecule has 0 aliphatic rings. The first-order valence-electron chi connectivity index (χ1n) is 9.20. The maximum atomic E-state index is 12.3. The minimum Gasteiger partial charge on any atom is -0.408 e. The van der Waals surface area contributed by atoms with Crippen molar-refractivity contribution < 1.29 is 9.21 Å². The normalized spacial score (nSPS) is 12.6. The maximum absolute atomic E-state index is 12.3. The Kier molecular flexibility index (Phi) is 6.47. The summed E-state index contributed by atoms with van der Waals surface area (Å²) in [6.07, 6.45) is 1.05. The quantitative estimate of drug-likeness (QED) is 0.613. The first-order valence-corrected chi connectivity index (χ1v) is 10.1. The number of benzene rings is 1. The van der Waals surface area contributed by atoms with Crippen molar-refractivity contribution in [2.45, 2.75) is 39.4 Å². The van der Waals surface area contributed by atoms with Gasteiger partial charge in [0, 0.05) is 30.6 Å². The first kappa shape index (κ1) is 19.4. The zero-order valence-electron chi connectivity index (χ0n) is 15.7. The van der Waals surface area contributed by atoms with E-state index in [0.29, 0.717) is 23.7 Å². The van der Waals surface area contributed by atoms with E-state index >= 15 is 0 Å². The summed E-state index contributed by atoms with van der Waals surface area (Å²) in [4.78, 5) is 28.0. The Morgan fingerprint density at radius 2 is 2.11 bits per heavy atom. The highest BCUT2D eigenvalue weighted by Gasteiger charge is 2.15. The molecule has 1 N–H and O–H groups in total. The summed E-state index contributed by atoms with van der Waals surface area (Å²) in [5.41, 5.74) is 1.13. The molecule has 7 heteroatoms. The molecule has 1 aromatic carbocycles. The minimum absolute atomic E-state index is 0.0376. The van der Waals surface area contributed by atoms with Gasteiger partial charge in [-0.2, -0.15) is 0 Å². The summed E-state index contributed by atoms with van der Waals surface area (Å²) < 4.78 is 6.53. The van der Waals surface area contributed by atoms with Gasteiger partial charge in [0.05, 0.1) is 5.52 Å². The van der Waals surface area contributed by atoms with Gasteiger partial charge in [-0.3, -0.25) is 14.3 Å². The van der Waals surface area contributed by atoms with Crippen LogP contribution in [0, 0.1) is 0 Å². The molecule has 1 atom stereocenters. The third-order valence-corrected chi connectivity index (χ3v) is 5.61. The van der Waals surface area contributed by atoms with Crippen molar-refractivity contribution in [2.24, 2.45) is 0 Å². The lowest BCUT2D eigenvalue weighted by molar-refractivity contribution is -0.121. The van der Waals surface area contributed by atoms with Crippen LogP contribution in [0.1, 0.15) is 25.1 Å². The Labute approximate surface area is 162 Å². The van der Waals surface area contributed by atoms with Crippen LogP contribution < -0.4 is 11.1 Å². The molecule has 3 rings (SSSR count).